The molecule has 190 valence electrons. The zero-order valence-corrected chi connectivity index (χ0v) is 22.8. The Hall–Kier alpha value is -2.82. The number of rotatable bonds is 7. The maximum Gasteiger partial charge on any atom is 0.281 e. The molecule has 0 radical (unpaired) electrons. The zero-order valence-electron chi connectivity index (χ0n) is 21.2. The number of aryl methyl sites for hydroxylation is 3. The molecule has 0 amide bonds. The topological polar surface area (TPSA) is 89.5 Å². The fourth-order valence-corrected chi connectivity index (χ4v) is 6.64. The molecule has 2 N–H and O–H groups in total. The van der Waals surface area contributed by atoms with Crippen molar-refractivity contribution in [2.24, 2.45) is 0 Å². The number of anilines is 1. The maximum absolute atomic E-state index is 12.7. The normalized spacial score (nSPS) is 14.7. The van der Waals surface area contributed by atoms with Gasteiger partial charge in [-0.1, -0.05) is 17.8 Å². The Balaban J connectivity index is 1.18. The van der Waals surface area contributed by atoms with E-state index in [2.05, 4.69) is 39.9 Å². The molecule has 0 atom stereocenters. The molecule has 5 rings (SSSR count). The number of nitrogens with zero attached hydrogens (tertiary/aromatic N) is 5. The Bertz CT molecular complexity index is 1470. The number of thiophene rings is 1. The van der Waals surface area contributed by atoms with Gasteiger partial charge >= 0.3 is 0 Å². The number of fused-ring (bicyclic) bond motifs is 2. The van der Waals surface area contributed by atoms with Gasteiger partial charge in [0, 0.05) is 47.9 Å². The average molecular weight is 525 g/mol. The summed E-state index contributed by atoms with van der Waals surface area (Å²) < 4.78 is 6.66. The minimum Gasteiger partial charge on any atom is -0.497 e. The molecule has 10 heteroatoms. The van der Waals surface area contributed by atoms with Gasteiger partial charge in [-0.25, -0.2) is 14.6 Å². The van der Waals surface area contributed by atoms with E-state index < -0.39 is 0 Å². The summed E-state index contributed by atoms with van der Waals surface area (Å²) in [5, 5.41) is 3.57. The first-order valence-electron chi connectivity index (χ1n) is 12.2. The molecule has 1 fully saturated rings. The van der Waals surface area contributed by atoms with Crippen molar-refractivity contribution in [3.63, 3.8) is 0 Å². The minimum atomic E-state index is -0.157. The number of hydrogen-bond donors (Lipinski definition) is 1. The van der Waals surface area contributed by atoms with Crippen molar-refractivity contribution < 1.29 is 4.74 Å². The summed E-state index contributed by atoms with van der Waals surface area (Å²) in [6, 6.07) is 8.32. The molecule has 3 aromatic heterocycles. The first kappa shape index (κ1) is 24.9. The van der Waals surface area contributed by atoms with Crippen molar-refractivity contribution in [3.05, 3.63) is 50.8 Å². The highest BCUT2D eigenvalue weighted by Crippen LogP contribution is 2.30. The molecule has 0 aliphatic carbocycles. The van der Waals surface area contributed by atoms with Gasteiger partial charge in [0.2, 0.25) is 0 Å². The number of piperazine rings is 1. The second-order valence-electron chi connectivity index (χ2n) is 9.24. The smallest absolute Gasteiger partial charge is 0.281 e. The van der Waals surface area contributed by atoms with Gasteiger partial charge < -0.3 is 15.5 Å². The van der Waals surface area contributed by atoms with E-state index in [4.69, 9.17) is 15.6 Å². The van der Waals surface area contributed by atoms with Crippen LogP contribution in [0.3, 0.4) is 0 Å². The van der Waals surface area contributed by atoms with Gasteiger partial charge in [-0.05, 0) is 62.9 Å². The van der Waals surface area contributed by atoms with Crippen molar-refractivity contribution >= 4 is 49.9 Å². The molecule has 0 bridgehead atoms. The summed E-state index contributed by atoms with van der Waals surface area (Å²) in [4.78, 5) is 29.0. The number of methoxy groups -OCH3 is 1. The molecule has 1 aromatic carbocycles. The largest absolute Gasteiger partial charge is 0.497 e. The molecule has 4 aromatic rings. The lowest BCUT2D eigenvalue weighted by Gasteiger charge is -2.36. The van der Waals surface area contributed by atoms with Crippen LogP contribution in [0, 0.1) is 20.8 Å². The first-order valence-corrected chi connectivity index (χ1v) is 14.0. The van der Waals surface area contributed by atoms with E-state index in [9.17, 15) is 4.79 Å². The van der Waals surface area contributed by atoms with Crippen molar-refractivity contribution in [3.8, 4) is 5.75 Å². The van der Waals surface area contributed by atoms with Crippen molar-refractivity contribution in [1.82, 2.24) is 19.5 Å². The lowest BCUT2D eigenvalue weighted by molar-refractivity contribution is 0.259. The summed E-state index contributed by atoms with van der Waals surface area (Å²) in [7, 11) is 1.70. The minimum absolute atomic E-state index is 0.157. The Labute approximate surface area is 219 Å². The molecule has 4 heterocycles. The average Bonchev–Trinajstić information content (AvgIpc) is 3.17. The maximum atomic E-state index is 12.7. The van der Waals surface area contributed by atoms with Gasteiger partial charge in [0.25, 0.3) is 5.56 Å². The molecule has 0 unspecified atom stereocenters. The summed E-state index contributed by atoms with van der Waals surface area (Å²) in [6.45, 7) is 10.9. The predicted molar refractivity (Wildman–Crippen MR) is 151 cm³/mol. The molecule has 8 nitrogen and oxygen atoms in total. The number of nitrogen functional groups attached to an aromatic ring is 1. The third kappa shape index (κ3) is 4.77. The molecular formula is C26H32N6O2S2. The van der Waals surface area contributed by atoms with E-state index in [1.165, 1.54) is 10.1 Å². The molecule has 1 saturated heterocycles. The van der Waals surface area contributed by atoms with E-state index in [1.54, 1.807) is 30.2 Å². The number of pyridine rings is 1. The van der Waals surface area contributed by atoms with Crippen LogP contribution in [-0.4, -0.2) is 65.1 Å². The summed E-state index contributed by atoms with van der Waals surface area (Å²) >= 11 is 3.12. The van der Waals surface area contributed by atoms with Gasteiger partial charge in [-0.3, -0.25) is 9.69 Å². The summed E-state index contributed by atoms with van der Waals surface area (Å²) in [5.41, 5.74) is 1.85. The quantitative estimate of drug-likeness (QED) is 0.168. The Morgan fingerprint density at radius 1 is 1.11 bits per heavy atom. The van der Waals surface area contributed by atoms with E-state index in [0.29, 0.717) is 10.5 Å². The summed E-state index contributed by atoms with van der Waals surface area (Å²) in [6.07, 6.45) is 1.00. The van der Waals surface area contributed by atoms with Gasteiger partial charge in [0.05, 0.1) is 12.5 Å². The molecule has 0 spiro atoms. The van der Waals surface area contributed by atoms with Crippen LogP contribution in [0.1, 0.15) is 22.6 Å². The van der Waals surface area contributed by atoms with Gasteiger partial charge in [0.15, 0.2) is 5.16 Å². The Morgan fingerprint density at radius 3 is 2.64 bits per heavy atom. The van der Waals surface area contributed by atoms with Crippen LogP contribution < -0.4 is 21.0 Å². The van der Waals surface area contributed by atoms with Crippen LogP contribution in [0.4, 0.5) is 5.82 Å². The van der Waals surface area contributed by atoms with E-state index in [0.717, 1.165) is 82.8 Å². The SMILES string of the molecule is COc1ccc2cc(C)nc(N3CCN(CCCSc4nc5sc(C)c(C)c5c(=O)n4N)CC3)c2c1. The fourth-order valence-electron chi connectivity index (χ4n) is 4.73. The number of hydrogen-bond acceptors (Lipinski definition) is 9. The van der Waals surface area contributed by atoms with E-state index in [1.807, 2.05) is 19.9 Å². The number of benzene rings is 1. The highest BCUT2D eigenvalue weighted by molar-refractivity contribution is 7.99. The standard InChI is InChI=1S/C26H32N6O2S2/c1-16-14-19-6-7-20(34-4)15-21(19)23(28-16)31-11-9-30(10-12-31)8-5-13-35-26-29-24-22(25(33)32(26)27)17(2)18(3)36-24/h6-7,14-15H,5,8-13,27H2,1-4H3. The molecule has 1 aliphatic rings. The number of ether oxygens (including phenoxy) is 1. The van der Waals surface area contributed by atoms with Crippen LogP contribution in [0.5, 0.6) is 5.75 Å². The highest BCUT2D eigenvalue weighted by atomic mass is 32.2. The second-order valence-corrected chi connectivity index (χ2v) is 11.5. The first-order chi connectivity index (χ1) is 17.4. The van der Waals surface area contributed by atoms with Gasteiger partial charge in [-0.15, -0.1) is 11.3 Å². The van der Waals surface area contributed by atoms with Gasteiger partial charge in [0.1, 0.15) is 16.4 Å². The van der Waals surface area contributed by atoms with Crippen LogP contribution >= 0.6 is 23.1 Å². The van der Waals surface area contributed by atoms with Crippen LogP contribution in [-0.2, 0) is 0 Å². The van der Waals surface area contributed by atoms with Crippen LogP contribution in [0.2, 0.25) is 0 Å². The zero-order chi connectivity index (χ0) is 25.4. The number of nitrogens with two attached hydrogens (primary N) is 1. The molecule has 1 aliphatic heterocycles. The lowest BCUT2D eigenvalue weighted by atomic mass is 10.1. The predicted octanol–water partition coefficient (Wildman–Crippen LogP) is 3.96. The highest BCUT2D eigenvalue weighted by Gasteiger charge is 2.21. The third-order valence-electron chi connectivity index (χ3n) is 6.87. The van der Waals surface area contributed by atoms with Crippen molar-refractivity contribution in [1.29, 1.82) is 0 Å². The molecular weight excluding hydrogens is 492 g/mol. The van der Waals surface area contributed by atoms with E-state index in [-0.39, 0.29) is 5.56 Å². The van der Waals surface area contributed by atoms with Crippen molar-refractivity contribution in [2.45, 2.75) is 32.3 Å². The van der Waals surface area contributed by atoms with Crippen LogP contribution in [0.25, 0.3) is 21.0 Å². The Morgan fingerprint density at radius 2 is 1.89 bits per heavy atom. The van der Waals surface area contributed by atoms with E-state index >= 15 is 0 Å². The number of aromatic nitrogens is 3. The number of thioether (sulfide) groups is 1. The molecule has 36 heavy (non-hydrogen) atoms. The third-order valence-corrected chi connectivity index (χ3v) is 9.01. The fraction of sp³-hybridized carbons (Fsp3) is 0.423. The van der Waals surface area contributed by atoms with Crippen LogP contribution in [0.15, 0.2) is 34.2 Å². The van der Waals surface area contributed by atoms with Crippen molar-refractivity contribution in [2.75, 3.05) is 56.3 Å². The van der Waals surface area contributed by atoms with Gasteiger partial charge in [-0.2, -0.15) is 0 Å². The molecule has 0 saturated carbocycles. The second kappa shape index (κ2) is 10.3. The lowest BCUT2D eigenvalue weighted by Crippen LogP contribution is -2.47. The summed E-state index contributed by atoms with van der Waals surface area (Å²) in [5.74, 6) is 8.85. The monoisotopic (exact) mass is 524 g/mol. The Kier molecular flexibility index (Phi) is 7.09.